The number of para-hydroxylation sites is 2. The van der Waals surface area contributed by atoms with E-state index in [0.29, 0.717) is 0 Å². The van der Waals surface area contributed by atoms with Gasteiger partial charge >= 0.3 is 0 Å². The van der Waals surface area contributed by atoms with Crippen molar-refractivity contribution in [1.82, 2.24) is 0 Å². The van der Waals surface area contributed by atoms with E-state index in [1.807, 2.05) is 72.8 Å². The Morgan fingerprint density at radius 3 is 1.36 bits per heavy atom. The summed E-state index contributed by atoms with van der Waals surface area (Å²) in [5.41, 5.74) is 4.06. The molecule has 5 heteroatoms. The molecule has 0 saturated carbocycles. The van der Waals surface area contributed by atoms with Crippen molar-refractivity contribution in [3.63, 3.8) is 0 Å². The van der Waals surface area contributed by atoms with Gasteiger partial charge in [-0.1, -0.05) is 60.7 Å². The molecular weight excluding hydrogens is 412 g/mol. The number of anilines is 2. The number of rotatable bonds is 6. The minimum atomic E-state index is -0.362. The van der Waals surface area contributed by atoms with Gasteiger partial charge in [0.05, 0.1) is 25.6 Å². The maximum Gasteiger partial charge on any atom is 0.177 e. The topological polar surface area (TPSA) is 34.2 Å². The van der Waals surface area contributed by atoms with Crippen LogP contribution in [-0.4, -0.2) is 14.2 Å². The summed E-state index contributed by atoms with van der Waals surface area (Å²) in [7, 11) is 3.36. The van der Waals surface area contributed by atoms with Crippen LogP contribution in [0.4, 0.5) is 11.4 Å². The summed E-state index contributed by atoms with van der Waals surface area (Å²) < 4.78 is 17.8. The largest absolute Gasteiger partial charge is 0.497 e. The minimum absolute atomic E-state index is 0.362. The lowest BCUT2D eigenvalue weighted by atomic mass is 10.1. The van der Waals surface area contributed by atoms with Crippen molar-refractivity contribution < 1.29 is 14.2 Å². The zero-order chi connectivity index (χ0) is 22.6. The van der Waals surface area contributed by atoms with E-state index in [-0.39, 0.29) is 12.5 Å². The molecule has 0 aliphatic carbocycles. The highest BCUT2D eigenvalue weighted by Gasteiger charge is 2.42. The molecule has 1 aliphatic rings. The van der Waals surface area contributed by atoms with Gasteiger partial charge in [0.15, 0.2) is 12.5 Å². The zero-order valence-corrected chi connectivity index (χ0v) is 18.7. The fourth-order valence-corrected chi connectivity index (χ4v) is 4.17. The molecule has 1 saturated heterocycles. The van der Waals surface area contributed by atoms with Crippen LogP contribution in [0.25, 0.3) is 0 Å². The highest BCUT2D eigenvalue weighted by atomic mass is 16.6. The second kappa shape index (κ2) is 9.27. The van der Waals surface area contributed by atoms with Gasteiger partial charge in [-0.2, -0.15) is 0 Å². The van der Waals surface area contributed by atoms with Crippen LogP contribution < -0.4 is 19.5 Å². The van der Waals surface area contributed by atoms with Gasteiger partial charge in [0.25, 0.3) is 0 Å². The van der Waals surface area contributed by atoms with Gasteiger partial charge in [-0.15, -0.1) is 0 Å². The molecule has 5 rings (SSSR count). The number of nitrogens with zero attached hydrogens (tertiary/aromatic N) is 2. The Hall–Kier alpha value is -3.96. The van der Waals surface area contributed by atoms with Crippen molar-refractivity contribution in [3.05, 3.63) is 120 Å². The van der Waals surface area contributed by atoms with Crippen LogP contribution >= 0.6 is 0 Å². The molecule has 166 valence electrons. The lowest BCUT2D eigenvalue weighted by molar-refractivity contribution is 0.0449. The molecule has 4 aromatic carbocycles. The Kier molecular flexibility index (Phi) is 5.87. The van der Waals surface area contributed by atoms with Crippen molar-refractivity contribution in [2.45, 2.75) is 12.5 Å². The molecule has 0 bridgehead atoms. The molecule has 0 N–H and O–H groups in total. The summed E-state index contributed by atoms with van der Waals surface area (Å²) in [4.78, 5) is 0. The molecule has 4 aromatic rings. The average molecular weight is 439 g/mol. The number of hydrogen-bond acceptors (Lipinski definition) is 5. The number of ether oxygens (including phenoxy) is 3. The van der Waals surface area contributed by atoms with Crippen molar-refractivity contribution >= 4 is 11.4 Å². The minimum Gasteiger partial charge on any atom is -0.497 e. The maximum absolute atomic E-state index is 6.81. The van der Waals surface area contributed by atoms with Crippen molar-refractivity contribution in [3.8, 4) is 11.5 Å². The van der Waals surface area contributed by atoms with E-state index in [1.54, 1.807) is 14.2 Å². The Bertz CT molecular complexity index is 1100. The first-order valence-corrected chi connectivity index (χ1v) is 10.9. The van der Waals surface area contributed by atoms with E-state index in [1.165, 1.54) is 0 Å². The van der Waals surface area contributed by atoms with Crippen molar-refractivity contribution in [1.29, 1.82) is 0 Å². The first-order valence-electron chi connectivity index (χ1n) is 10.9. The molecule has 2 atom stereocenters. The quantitative estimate of drug-likeness (QED) is 0.350. The summed E-state index contributed by atoms with van der Waals surface area (Å²) in [5.74, 6) is 1.58. The van der Waals surface area contributed by atoms with Crippen LogP contribution in [0.3, 0.4) is 0 Å². The normalized spacial score (nSPS) is 17.8. The SMILES string of the molecule is COc1cccc(C2OC(c3cccc(OC)c3)N(c3ccccc3)N2c2ccccc2)c1. The van der Waals surface area contributed by atoms with E-state index in [2.05, 4.69) is 46.4 Å². The number of hydrogen-bond donors (Lipinski definition) is 0. The second-order valence-electron chi connectivity index (χ2n) is 7.75. The van der Waals surface area contributed by atoms with E-state index in [4.69, 9.17) is 14.2 Å². The summed E-state index contributed by atoms with van der Waals surface area (Å²) >= 11 is 0. The third-order valence-electron chi connectivity index (χ3n) is 5.73. The van der Waals surface area contributed by atoms with Crippen molar-refractivity contribution in [2.24, 2.45) is 0 Å². The molecule has 0 spiro atoms. The average Bonchev–Trinajstić information content (AvgIpc) is 3.30. The van der Waals surface area contributed by atoms with Gasteiger partial charge in [-0.25, -0.2) is 10.0 Å². The molecule has 2 unspecified atom stereocenters. The van der Waals surface area contributed by atoms with Crippen LogP contribution in [-0.2, 0) is 4.74 Å². The number of hydrazine groups is 1. The van der Waals surface area contributed by atoms with Gasteiger partial charge in [0.2, 0.25) is 0 Å². The van der Waals surface area contributed by atoms with Gasteiger partial charge < -0.3 is 14.2 Å². The maximum atomic E-state index is 6.81. The van der Waals surface area contributed by atoms with Crippen LogP contribution in [0.15, 0.2) is 109 Å². The standard InChI is InChI=1S/C28H26N2O3/c1-31-25-17-9-11-21(19-25)27-29(23-13-5-3-6-14-23)30(24-15-7-4-8-16-24)28(33-27)22-12-10-18-26(20-22)32-2/h3-20,27-28H,1-2H3. The smallest absolute Gasteiger partial charge is 0.177 e. The third kappa shape index (κ3) is 4.11. The number of methoxy groups -OCH3 is 2. The summed E-state index contributed by atoms with van der Waals surface area (Å²) in [6, 6.07) is 36.7. The number of benzene rings is 4. The van der Waals surface area contributed by atoms with Gasteiger partial charge in [0.1, 0.15) is 11.5 Å². The van der Waals surface area contributed by atoms with Crippen LogP contribution in [0.1, 0.15) is 23.6 Å². The van der Waals surface area contributed by atoms with Crippen LogP contribution in [0.2, 0.25) is 0 Å². The molecule has 1 fully saturated rings. The Balaban J connectivity index is 1.69. The molecule has 1 heterocycles. The monoisotopic (exact) mass is 438 g/mol. The van der Waals surface area contributed by atoms with E-state index < -0.39 is 0 Å². The van der Waals surface area contributed by atoms with E-state index in [0.717, 1.165) is 34.0 Å². The molecule has 0 amide bonds. The summed E-state index contributed by atoms with van der Waals surface area (Å²) in [6.07, 6.45) is -0.724. The van der Waals surface area contributed by atoms with E-state index in [9.17, 15) is 0 Å². The fraction of sp³-hybridized carbons (Fsp3) is 0.143. The predicted molar refractivity (Wildman–Crippen MR) is 130 cm³/mol. The highest BCUT2D eigenvalue weighted by Crippen LogP contribution is 2.47. The first-order chi connectivity index (χ1) is 16.3. The molecule has 0 radical (unpaired) electrons. The summed E-state index contributed by atoms with van der Waals surface area (Å²) in [6.45, 7) is 0. The van der Waals surface area contributed by atoms with Gasteiger partial charge in [0, 0.05) is 11.1 Å². The lowest BCUT2D eigenvalue weighted by Crippen LogP contribution is -2.39. The highest BCUT2D eigenvalue weighted by molar-refractivity contribution is 5.62. The lowest BCUT2D eigenvalue weighted by Gasteiger charge is -2.35. The molecule has 5 nitrogen and oxygen atoms in total. The fourth-order valence-electron chi connectivity index (χ4n) is 4.17. The molecule has 33 heavy (non-hydrogen) atoms. The van der Waals surface area contributed by atoms with Gasteiger partial charge in [-0.3, -0.25) is 0 Å². The second-order valence-corrected chi connectivity index (χ2v) is 7.75. The predicted octanol–water partition coefficient (Wildman–Crippen LogP) is 6.36. The van der Waals surface area contributed by atoms with E-state index >= 15 is 0 Å². The van der Waals surface area contributed by atoms with Crippen LogP contribution in [0, 0.1) is 0 Å². The molecular formula is C28H26N2O3. The Morgan fingerprint density at radius 1 is 0.545 bits per heavy atom. The van der Waals surface area contributed by atoms with Crippen LogP contribution in [0.5, 0.6) is 11.5 Å². The summed E-state index contributed by atoms with van der Waals surface area (Å²) in [5, 5.41) is 4.41. The first kappa shape index (κ1) is 20.9. The molecule has 1 aliphatic heterocycles. The third-order valence-corrected chi connectivity index (χ3v) is 5.73. The molecule has 0 aromatic heterocycles. The Morgan fingerprint density at radius 2 is 0.970 bits per heavy atom. The van der Waals surface area contributed by atoms with Gasteiger partial charge in [-0.05, 0) is 48.5 Å². The van der Waals surface area contributed by atoms with Crippen molar-refractivity contribution in [2.75, 3.05) is 24.2 Å². The zero-order valence-electron chi connectivity index (χ0n) is 18.7. The Labute approximate surface area is 194 Å².